The van der Waals surface area contributed by atoms with E-state index in [2.05, 4.69) is 5.10 Å². The molecule has 1 aromatic rings. The molecule has 1 saturated heterocycles. The summed E-state index contributed by atoms with van der Waals surface area (Å²) in [5.41, 5.74) is -0.447. The predicted octanol–water partition coefficient (Wildman–Crippen LogP) is 1.68. The lowest BCUT2D eigenvalue weighted by molar-refractivity contribution is -0.000478. The minimum Gasteiger partial charge on any atom is -0.480 e. The van der Waals surface area contributed by atoms with Gasteiger partial charge in [-0.05, 0) is 20.8 Å². The van der Waals surface area contributed by atoms with Crippen LogP contribution < -0.4 is 4.74 Å². The van der Waals surface area contributed by atoms with Crippen molar-refractivity contribution in [1.82, 2.24) is 14.7 Å². The molecule has 18 heavy (non-hydrogen) atoms. The van der Waals surface area contributed by atoms with Crippen molar-refractivity contribution in [2.75, 3.05) is 20.2 Å². The second kappa shape index (κ2) is 4.51. The first-order valence-corrected chi connectivity index (χ1v) is 5.96. The smallest absolute Gasteiger partial charge is 0.410 e. The molecule has 1 fully saturated rings. The number of hydrogen-bond acceptors (Lipinski definition) is 4. The Bertz CT molecular complexity index is 430. The number of nitrogens with zero attached hydrogens (tertiary/aromatic N) is 3. The number of carbonyl (C=O) groups excluding carboxylic acids is 1. The van der Waals surface area contributed by atoms with E-state index < -0.39 is 5.60 Å². The van der Waals surface area contributed by atoms with Gasteiger partial charge in [-0.25, -0.2) is 4.79 Å². The monoisotopic (exact) mass is 253 g/mol. The topological polar surface area (TPSA) is 56.6 Å². The Morgan fingerprint density at radius 3 is 2.61 bits per heavy atom. The molecule has 1 amide bonds. The molecule has 1 aliphatic rings. The number of amides is 1. The van der Waals surface area contributed by atoms with Crippen LogP contribution in [0.25, 0.3) is 0 Å². The Balaban J connectivity index is 1.85. The second-order valence-corrected chi connectivity index (χ2v) is 5.38. The number of methoxy groups -OCH3 is 1. The van der Waals surface area contributed by atoms with Gasteiger partial charge < -0.3 is 14.4 Å². The fraction of sp³-hybridized carbons (Fsp3) is 0.667. The highest BCUT2D eigenvalue weighted by Gasteiger charge is 2.35. The number of hydrogen-bond donors (Lipinski definition) is 0. The predicted molar refractivity (Wildman–Crippen MR) is 65.6 cm³/mol. The minimum absolute atomic E-state index is 0.210. The summed E-state index contributed by atoms with van der Waals surface area (Å²) in [5, 5.41) is 4.23. The summed E-state index contributed by atoms with van der Waals surface area (Å²) >= 11 is 0. The van der Waals surface area contributed by atoms with Crippen molar-refractivity contribution in [2.45, 2.75) is 32.4 Å². The Hall–Kier alpha value is -1.72. The van der Waals surface area contributed by atoms with Gasteiger partial charge in [0.05, 0.1) is 13.2 Å². The largest absolute Gasteiger partial charge is 0.480 e. The molecule has 0 bridgehead atoms. The molecule has 2 heterocycles. The Kier molecular flexibility index (Phi) is 3.19. The van der Waals surface area contributed by atoms with Crippen LogP contribution >= 0.6 is 0 Å². The van der Waals surface area contributed by atoms with Crippen LogP contribution in [0.5, 0.6) is 5.88 Å². The molecule has 0 N–H and O–H groups in total. The molecular weight excluding hydrogens is 234 g/mol. The van der Waals surface area contributed by atoms with Crippen molar-refractivity contribution in [3.05, 3.63) is 12.3 Å². The van der Waals surface area contributed by atoms with Gasteiger partial charge in [0.1, 0.15) is 5.60 Å². The molecule has 0 radical (unpaired) electrons. The van der Waals surface area contributed by atoms with E-state index in [1.54, 1.807) is 18.1 Å². The van der Waals surface area contributed by atoms with Crippen LogP contribution in [-0.2, 0) is 4.74 Å². The van der Waals surface area contributed by atoms with E-state index >= 15 is 0 Å². The summed E-state index contributed by atoms with van der Waals surface area (Å²) in [7, 11) is 1.58. The van der Waals surface area contributed by atoms with Crippen molar-refractivity contribution in [2.24, 2.45) is 0 Å². The fourth-order valence-corrected chi connectivity index (χ4v) is 1.73. The highest BCUT2D eigenvalue weighted by Crippen LogP contribution is 2.24. The van der Waals surface area contributed by atoms with Gasteiger partial charge in [0.25, 0.3) is 0 Å². The number of likely N-dealkylation sites (tertiary alicyclic amines) is 1. The summed E-state index contributed by atoms with van der Waals surface area (Å²) < 4.78 is 12.1. The zero-order chi connectivity index (χ0) is 13.3. The molecular formula is C12H19N3O3. The van der Waals surface area contributed by atoms with Crippen LogP contribution in [0.15, 0.2) is 12.3 Å². The van der Waals surface area contributed by atoms with Crippen molar-refractivity contribution < 1.29 is 14.3 Å². The van der Waals surface area contributed by atoms with E-state index in [9.17, 15) is 4.79 Å². The number of ether oxygens (including phenoxy) is 2. The second-order valence-electron chi connectivity index (χ2n) is 5.38. The van der Waals surface area contributed by atoms with Gasteiger partial charge in [-0.2, -0.15) is 0 Å². The molecule has 1 aliphatic heterocycles. The van der Waals surface area contributed by atoms with Gasteiger partial charge >= 0.3 is 6.09 Å². The number of carbonyl (C=O) groups is 1. The zero-order valence-corrected chi connectivity index (χ0v) is 11.2. The van der Waals surface area contributed by atoms with E-state index in [0.29, 0.717) is 19.0 Å². The molecule has 100 valence electrons. The van der Waals surface area contributed by atoms with Gasteiger partial charge in [-0.1, -0.05) is 0 Å². The highest BCUT2D eigenvalue weighted by atomic mass is 16.6. The third-order valence-electron chi connectivity index (χ3n) is 2.68. The van der Waals surface area contributed by atoms with Crippen LogP contribution in [0, 0.1) is 0 Å². The zero-order valence-electron chi connectivity index (χ0n) is 11.2. The average molecular weight is 253 g/mol. The third-order valence-corrected chi connectivity index (χ3v) is 2.68. The van der Waals surface area contributed by atoms with E-state index in [1.165, 1.54) is 0 Å². The van der Waals surface area contributed by atoms with Crippen LogP contribution in [0.2, 0.25) is 0 Å². The average Bonchev–Trinajstić information content (AvgIpc) is 2.60. The summed E-state index contributed by atoms with van der Waals surface area (Å²) in [6.45, 7) is 6.83. The first kappa shape index (κ1) is 12.7. The minimum atomic E-state index is -0.447. The lowest BCUT2D eigenvalue weighted by atomic mass is 10.1. The summed E-state index contributed by atoms with van der Waals surface area (Å²) in [6, 6.07) is 2.01. The van der Waals surface area contributed by atoms with Gasteiger partial charge in [0.2, 0.25) is 5.88 Å². The van der Waals surface area contributed by atoms with E-state index in [4.69, 9.17) is 9.47 Å². The summed E-state index contributed by atoms with van der Waals surface area (Å²) in [4.78, 5) is 13.4. The van der Waals surface area contributed by atoms with Crippen molar-refractivity contribution in [1.29, 1.82) is 0 Å². The first-order valence-electron chi connectivity index (χ1n) is 5.96. The van der Waals surface area contributed by atoms with Crippen molar-refractivity contribution >= 4 is 6.09 Å². The standard InChI is InChI=1S/C12H19N3O3/c1-12(2,3)18-11(16)14-7-9(8-14)15-6-5-10(13-15)17-4/h5-6,9H,7-8H2,1-4H3. The maximum atomic E-state index is 11.7. The fourth-order valence-electron chi connectivity index (χ4n) is 1.73. The maximum Gasteiger partial charge on any atom is 0.410 e. The van der Waals surface area contributed by atoms with Crippen LogP contribution in [0.4, 0.5) is 4.79 Å². The maximum absolute atomic E-state index is 11.7. The van der Waals surface area contributed by atoms with Crippen LogP contribution in [0.1, 0.15) is 26.8 Å². The van der Waals surface area contributed by atoms with Crippen LogP contribution in [0.3, 0.4) is 0 Å². The molecule has 0 atom stereocenters. The van der Waals surface area contributed by atoms with Gasteiger partial charge in [-0.3, -0.25) is 4.68 Å². The van der Waals surface area contributed by atoms with Gasteiger partial charge in [0.15, 0.2) is 0 Å². The van der Waals surface area contributed by atoms with E-state index in [-0.39, 0.29) is 12.1 Å². The van der Waals surface area contributed by atoms with Crippen molar-refractivity contribution in [3.8, 4) is 5.88 Å². The van der Waals surface area contributed by atoms with E-state index in [0.717, 1.165) is 0 Å². The Morgan fingerprint density at radius 2 is 2.11 bits per heavy atom. The number of aromatic nitrogens is 2. The SMILES string of the molecule is COc1ccn(C2CN(C(=O)OC(C)(C)C)C2)n1. The van der Waals surface area contributed by atoms with Crippen LogP contribution in [-0.4, -0.2) is 46.6 Å². The molecule has 0 aromatic carbocycles. The first-order chi connectivity index (χ1) is 8.39. The molecule has 0 saturated carbocycles. The normalized spacial score (nSPS) is 16.3. The molecule has 0 aliphatic carbocycles. The molecule has 2 rings (SSSR count). The Labute approximate surface area is 106 Å². The molecule has 0 spiro atoms. The number of rotatable bonds is 2. The lowest BCUT2D eigenvalue weighted by Gasteiger charge is -2.39. The van der Waals surface area contributed by atoms with Crippen molar-refractivity contribution in [3.63, 3.8) is 0 Å². The molecule has 1 aromatic heterocycles. The molecule has 6 heteroatoms. The molecule has 0 unspecified atom stereocenters. The van der Waals surface area contributed by atoms with Gasteiger partial charge in [-0.15, -0.1) is 5.10 Å². The Morgan fingerprint density at radius 1 is 1.44 bits per heavy atom. The third kappa shape index (κ3) is 2.75. The summed E-state index contributed by atoms with van der Waals surface area (Å²) in [6.07, 6.45) is 1.59. The van der Waals surface area contributed by atoms with Gasteiger partial charge in [0, 0.05) is 25.4 Å². The molecule has 6 nitrogen and oxygen atoms in total. The highest BCUT2D eigenvalue weighted by molar-refractivity contribution is 5.69. The summed E-state index contributed by atoms with van der Waals surface area (Å²) in [5.74, 6) is 0.589. The quantitative estimate of drug-likeness (QED) is 0.804. The van der Waals surface area contributed by atoms with E-state index in [1.807, 2.05) is 31.6 Å². The lowest BCUT2D eigenvalue weighted by Crippen LogP contribution is -2.52.